The summed E-state index contributed by atoms with van der Waals surface area (Å²) in [5.41, 5.74) is 9.31. The normalized spacial score (nSPS) is 11.3. The van der Waals surface area contributed by atoms with Crippen molar-refractivity contribution in [2.75, 3.05) is 5.32 Å². The molecule has 2 aromatic heterocycles. The Hall–Kier alpha value is -2.25. The third kappa shape index (κ3) is 3.18. The van der Waals surface area contributed by atoms with E-state index in [2.05, 4.69) is 57.4 Å². The van der Waals surface area contributed by atoms with Crippen LogP contribution in [-0.2, 0) is 0 Å². The van der Waals surface area contributed by atoms with E-state index in [9.17, 15) is 0 Å². The number of anilines is 1. The Morgan fingerprint density at radius 2 is 2.08 bits per heavy atom. The average molecular weight is 358 g/mol. The van der Waals surface area contributed by atoms with Crippen molar-refractivity contribution < 1.29 is 0 Å². The fourth-order valence-electron chi connectivity index (χ4n) is 2.47. The van der Waals surface area contributed by atoms with E-state index in [1.807, 2.05) is 19.1 Å². The summed E-state index contributed by atoms with van der Waals surface area (Å²) in [6, 6.07) is 6.08. The van der Waals surface area contributed by atoms with E-state index in [4.69, 9.17) is 12.2 Å². The van der Waals surface area contributed by atoms with Crippen molar-refractivity contribution in [3.05, 3.63) is 51.8 Å². The molecule has 0 saturated carbocycles. The molecular formula is C17H19N5S2. The van der Waals surface area contributed by atoms with Crippen molar-refractivity contribution in [1.29, 1.82) is 0 Å². The molecule has 0 saturated heterocycles. The number of aryl methyl sites for hydroxylation is 3. The highest BCUT2D eigenvalue weighted by Crippen LogP contribution is 2.19. The topological polar surface area (TPSA) is 53.7 Å². The monoisotopic (exact) mass is 357 g/mol. The lowest BCUT2D eigenvalue weighted by Gasteiger charge is -2.11. The molecule has 0 fully saturated rings. The van der Waals surface area contributed by atoms with E-state index in [-0.39, 0.29) is 0 Å². The molecule has 0 aliphatic heterocycles. The number of hydrogen-bond acceptors (Lipinski definition) is 4. The van der Waals surface area contributed by atoms with Crippen LogP contribution < -0.4 is 10.7 Å². The molecule has 0 atom stereocenters. The van der Waals surface area contributed by atoms with E-state index < -0.39 is 0 Å². The van der Waals surface area contributed by atoms with Gasteiger partial charge in [0.25, 0.3) is 0 Å². The van der Waals surface area contributed by atoms with Gasteiger partial charge in [-0.3, -0.25) is 9.83 Å². The first-order valence-corrected chi connectivity index (χ1v) is 8.85. The largest absolute Gasteiger partial charge is 0.331 e. The van der Waals surface area contributed by atoms with Crippen LogP contribution in [0.25, 0.3) is 4.96 Å². The van der Waals surface area contributed by atoms with Gasteiger partial charge in [-0.15, -0.1) is 11.3 Å². The lowest BCUT2D eigenvalue weighted by atomic mass is 10.1. The zero-order valence-corrected chi connectivity index (χ0v) is 15.7. The molecule has 0 radical (unpaired) electrons. The number of fused-ring (bicyclic) bond motifs is 1. The van der Waals surface area contributed by atoms with Gasteiger partial charge >= 0.3 is 0 Å². The zero-order chi connectivity index (χ0) is 17.3. The highest BCUT2D eigenvalue weighted by molar-refractivity contribution is 7.80. The molecule has 3 aromatic rings. The van der Waals surface area contributed by atoms with Crippen LogP contribution in [0.1, 0.15) is 28.2 Å². The first-order valence-electron chi connectivity index (χ1n) is 7.57. The van der Waals surface area contributed by atoms with Crippen molar-refractivity contribution in [1.82, 2.24) is 14.8 Å². The van der Waals surface area contributed by atoms with Gasteiger partial charge in [0.2, 0.25) is 0 Å². The van der Waals surface area contributed by atoms with Gasteiger partial charge in [0, 0.05) is 16.8 Å². The maximum absolute atomic E-state index is 5.32. The van der Waals surface area contributed by atoms with Crippen LogP contribution in [0.2, 0.25) is 0 Å². The number of thiocarbonyl (C=S) groups is 1. The number of aromatic nitrogens is 2. The Labute approximate surface area is 150 Å². The van der Waals surface area contributed by atoms with Crippen LogP contribution in [0.3, 0.4) is 0 Å². The number of thiazole rings is 1. The Bertz CT molecular complexity index is 936. The summed E-state index contributed by atoms with van der Waals surface area (Å²) in [6.45, 7) is 8.18. The quantitative estimate of drug-likeness (QED) is 0.423. The zero-order valence-electron chi connectivity index (χ0n) is 14.0. The lowest BCUT2D eigenvalue weighted by molar-refractivity contribution is 1.04. The standard InChI is InChI=1S/C17H19N5S2/c1-10-6-5-7-14(12(10)3)20-16(23)21-18-8-15-13(4)19-17-22(15)11(2)9-24-17/h5-9H,1-4H3,(H2,20,21,23)/b18-8+. The highest BCUT2D eigenvalue weighted by Gasteiger charge is 2.10. The van der Waals surface area contributed by atoms with Crippen LogP contribution in [0.4, 0.5) is 5.69 Å². The number of nitrogens with zero attached hydrogens (tertiary/aromatic N) is 3. The molecule has 5 nitrogen and oxygen atoms in total. The van der Waals surface area contributed by atoms with Crippen LogP contribution >= 0.6 is 23.6 Å². The molecule has 0 unspecified atom stereocenters. The Kier molecular flexibility index (Phi) is 4.64. The molecule has 24 heavy (non-hydrogen) atoms. The van der Waals surface area contributed by atoms with E-state index in [1.54, 1.807) is 17.6 Å². The third-order valence-corrected chi connectivity index (χ3v) is 5.10. The van der Waals surface area contributed by atoms with Crippen molar-refractivity contribution in [2.45, 2.75) is 27.7 Å². The van der Waals surface area contributed by atoms with Gasteiger partial charge in [0.1, 0.15) is 0 Å². The van der Waals surface area contributed by atoms with Crippen LogP contribution in [0.15, 0.2) is 28.7 Å². The van der Waals surface area contributed by atoms with Crippen molar-refractivity contribution in [3.8, 4) is 0 Å². The smallest absolute Gasteiger partial charge is 0.194 e. The fourth-order valence-corrected chi connectivity index (χ4v) is 3.55. The van der Waals surface area contributed by atoms with Crippen LogP contribution in [0, 0.1) is 27.7 Å². The molecule has 7 heteroatoms. The number of rotatable bonds is 3. The van der Waals surface area contributed by atoms with Gasteiger partial charge in [-0.2, -0.15) is 5.10 Å². The molecule has 3 rings (SSSR count). The molecule has 0 spiro atoms. The van der Waals surface area contributed by atoms with Crippen molar-refractivity contribution in [3.63, 3.8) is 0 Å². The first-order chi connectivity index (χ1) is 11.5. The predicted octanol–water partition coefficient (Wildman–Crippen LogP) is 3.95. The van der Waals surface area contributed by atoms with Gasteiger partial charge in [-0.25, -0.2) is 4.98 Å². The molecular weight excluding hydrogens is 338 g/mol. The Morgan fingerprint density at radius 3 is 2.88 bits per heavy atom. The van der Waals surface area contributed by atoms with Crippen molar-refractivity contribution >= 4 is 45.5 Å². The lowest BCUT2D eigenvalue weighted by Crippen LogP contribution is -2.24. The van der Waals surface area contributed by atoms with Crippen LogP contribution in [0.5, 0.6) is 0 Å². The molecule has 2 heterocycles. The van der Waals surface area contributed by atoms with Gasteiger partial charge < -0.3 is 5.32 Å². The second kappa shape index (κ2) is 6.70. The summed E-state index contributed by atoms with van der Waals surface area (Å²) in [5, 5.41) is 9.98. The fraction of sp³-hybridized carbons (Fsp3) is 0.235. The maximum atomic E-state index is 5.32. The van der Waals surface area contributed by atoms with Gasteiger partial charge in [-0.05, 0) is 57.1 Å². The molecule has 1 aromatic carbocycles. The Morgan fingerprint density at radius 1 is 1.29 bits per heavy atom. The molecule has 0 aliphatic carbocycles. The minimum absolute atomic E-state index is 0.459. The van der Waals surface area contributed by atoms with Gasteiger partial charge in [-0.1, -0.05) is 12.1 Å². The summed E-state index contributed by atoms with van der Waals surface area (Å²) in [6.07, 6.45) is 1.76. The summed E-state index contributed by atoms with van der Waals surface area (Å²) in [5.74, 6) is 0. The average Bonchev–Trinajstić information content (AvgIpc) is 3.04. The number of nitrogens with one attached hydrogen (secondary N) is 2. The van der Waals surface area contributed by atoms with Gasteiger partial charge in [0.05, 0.1) is 17.6 Å². The summed E-state index contributed by atoms with van der Waals surface area (Å²) >= 11 is 6.94. The predicted molar refractivity (Wildman–Crippen MR) is 105 cm³/mol. The van der Waals surface area contributed by atoms with E-state index in [0.29, 0.717) is 5.11 Å². The number of hydrazone groups is 1. The van der Waals surface area contributed by atoms with Gasteiger partial charge in [0.15, 0.2) is 10.1 Å². The van der Waals surface area contributed by atoms with E-state index in [0.717, 1.165) is 27.7 Å². The third-order valence-electron chi connectivity index (χ3n) is 3.96. The second-order valence-electron chi connectivity index (χ2n) is 5.65. The highest BCUT2D eigenvalue weighted by atomic mass is 32.1. The summed E-state index contributed by atoms with van der Waals surface area (Å²) in [4.78, 5) is 5.51. The summed E-state index contributed by atoms with van der Waals surface area (Å²) < 4.78 is 2.09. The minimum atomic E-state index is 0.459. The number of hydrogen-bond donors (Lipinski definition) is 2. The molecule has 0 aliphatic rings. The van der Waals surface area contributed by atoms with Crippen LogP contribution in [-0.4, -0.2) is 20.7 Å². The molecule has 0 amide bonds. The molecule has 2 N–H and O–H groups in total. The minimum Gasteiger partial charge on any atom is -0.331 e. The maximum Gasteiger partial charge on any atom is 0.194 e. The number of benzene rings is 1. The molecule has 124 valence electrons. The second-order valence-corrected chi connectivity index (χ2v) is 6.89. The Balaban J connectivity index is 1.71. The number of imidazole rings is 1. The van der Waals surface area contributed by atoms with E-state index in [1.165, 1.54) is 11.1 Å². The van der Waals surface area contributed by atoms with E-state index >= 15 is 0 Å². The first kappa shape index (κ1) is 16.6. The summed E-state index contributed by atoms with van der Waals surface area (Å²) in [7, 11) is 0. The SMILES string of the molecule is Cc1cccc(NC(=S)N/N=C/c2c(C)nc3scc(C)n23)c1C. The van der Waals surface area contributed by atoms with Crippen molar-refractivity contribution in [2.24, 2.45) is 5.10 Å². The molecule has 0 bridgehead atoms.